The molecule has 1 heterocycles. The first-order chi connectivity index (χ1) is 10.2. The molecule has 3 rings (SSSR count). The lowest BCUT2D eigenvalue weighted by molar-refractivity contribution is 0.265. The monoisotopic (exact) mass is 282 g/mol. The highest BCUT2D eigenvalue weighted by Gasteiger charge is 2.08. The molecule has 4 heteroatoms. The van der Waals surface area contributed by atoms with Gasteiger partial charge in [-0.15, -0.1) is 0 Å². The van der Waals surface area contributed by atoms with Gasteiger partial charge in [-0.3, -0.25) is 0 Å². The summed E-state index contributed by atoms with van der Waals surface area (Å²) in [4.78, 5) is 4.44. The van der Waals surface area contributed by atoms with E-state index in [0.29, 0.717) is 19.0 Å². The third kappa shape index (κ3) is 2.76. The van der Waals surface area contributed by atoms with Gasteiger partial charge in [-0.25, -0.2) is 4.98 Å². The minimum Gasteiger partial charge on any atom is -0.484 e. The van der Waals surface area contributed by atoms with Crippen molar-refractivity contribution in [1.29, 1.82) is 0 Å². The van der Waals surface area contributed by atoms with Gasteiger partial charge in [0.05, 0.1) is 0 Å². The van der Waals surface area contributed by atoms with Crippen LogP contribution < -0.4 is 10.5 Å². The molecule has 0 aliphatic heterocycles. The van der Waals surface area contributed by atoms with Crippen LogP contribution in [0.3, 0.4) is 0 Å². The molecule has 0 unspecified atom stereocenters. The van der Waals surface area contributed by atoms with Crippen LogP contribution in [0.1, 0.15) is 22.6 Å². The van der Waals surface area contributed by atoms with Crippen LogP contribution in [0.5, 0.6) is 5.75 Å². The molecule has 0 atom stereocenters. The topological polar surface area (TPSA) is 61.3 Å². The van der Waals surface area contributed by atoms with Gasteiger partial charge in [0.2, 0.25) is 5.89 Å². The third-order valence-corrected chi connectivity index (χ3v) is 3.64. The molecular formula is C17H18N2O2. The van der Waals surface area contributed by atoms with Crippen LogP contribution in [0.2, 0.25) is 0 Å². The number of nitrogens with two attached hydrogens (primary N) is 1. The minimum absolute atomic E-state index is 0.316. The van der Waals surface area contributed by atoms with Gasteiger partial charge in [0, 0.05) is 6.54 Å². The van der Waals surface area contributed by atoms with Crippen molar-refractivity contribution in [2.75, 3.05) is 0 Å². The predicted octanol–water partition coefficient (Wildman–Crippen LogP) is 3.48. The average Bonchev–Trinajstić information content (AvgIpc) is 2.90. The second kappa shape index (κ2) is 5.58. The maximum absolute atomic E-state index is 5.81. The van der Waals surface area contributed by atoms with E-state index in [4.69, 9.17) is 14.9 Å². The summed E-state index contributed by atoms with van der Waals surface area (Å²) < 4.78 is 11.5. The second-order valence-electron chi connectivity index (χ2n) is 5.10. The Morgan fingerprint density at radius 1 is 1.19 bits per heavy atom. The SMILES string of the molecule is Cc1cccc(OCc2nc3cc(CN)ccc3o2)c1C. The highest BCUT2D eigenvalue weighted by molar-refractivity contribution is 5.73. The van der Waals surface area contributed by atoms with E-state index in [1.807, 2.05) is 37.3 Å². The zero-order chi connectivity index (χ0) is 14.8. The molecule has 108 valence electrons. The van der Waals surface area contributed by atoms with Crippen molar-refractivity contribution in [3.05, 3.63) is 59.0 Å². The van der Waals surface area contributed by atoms with Crippen LogP contribution in [0.25, 0.3) is 11.1 Å². The number of aryl methyl sites for hydroxylation is 1. The Kier molecular flexibility index (Phi) is 3.62. The quantitative estimate of drug-likeness (QED) is 0.795. The summed E-state index contributed by atoms with van der Waals surface area (Å²) in [6, 6.07) is 11.8. The molecule has 0 fully saturated rings. The molecule has 21 heavy (non-hydrogen) atoms. The molecule has 4 nitrogen and oxygen atoms in total. The van der Waals surface area contributed by atoms with Crippen LogP contribution in [0.15, 0.2) is 40.8 Å². The molecule has 0 aliphatic rings. The van der Waals surface area contributed by atoms with Gasteiger partial charge >= 0.3 is 0 Å². The number of nitrogens with zero attached hydrogens (tertiary/aromatic N) is 1. The Hall–Kier alpha value is -2.33. The van der Waals surface area contributed by atoms with E-state index >= 15 is 0 Å². The lowest BCUT2D eigenvalue weighted by atomic mass is 10.1. The Labute approximate surface area is 123 Å². The number of benzene rings is 2. The Bertz CT molecular complexity index is 778. The second-order valence-corrected chi connectivity index (χ2v) is 5.10. The minimum atomic E-state index is 0.316. The standard InChI is InChI=1S/C17H18N2O2/c1-11-4-3-5-15(12(11)2)20-10-17-19-14-8-13(9-18)6-7-16(14)21-17/h3-8H,9-10,18H2,1-2H3. The van der Waals surface area contributed by atoms with E-state index in [0.717, 1.165) is 28.0 Å². The molecule has 1 aromatic heterocycles. The normalized spacial score (nSPS) is 11.0. The molecule has 2 N–H and O–H groups in total. The van der Waals surface area contributed by atoms with E-state index in [-0.39, 0.29) is 0 Å². The van der Waals surface area contributed by atoms with Gasteiger partial charge in [0.25, 0.3) is 0 Å². The van der Waals surface area contributed by atoms with Gasteiger partial charge in [0.15, 0.2) is 12.2 Å². The van der Waals surface area contributed by atoms with E-state index < -0.39 is 0 Å². The first kappa shape index (κ1) is 13.6. The highest BCUT2D eigenvalue weighted by atomic mass is 16.5. The summed E-state index contributed by atoms with van der Waals surface area (Å²) in [7, 11) is 0. The molecule has 0 aliphatic carbocycles. The maximum Gasteiger partial charge on any atom is 0.233 e. The molecule has 3 aromatic rings. The summed E-state index contributed by atoms with van der Waals surface area (Å²) in [6.07, 6.45) is 0. The number of aromatic nitrogens is 1. The number of oxazole rings is 1. The molecular weight excluding hydrogens is 264 g/mol. The number of rotatable bonds is 4. The maximum atomic E-state index is 5.81. The van der Waals surface area contributed by atoms with Crippen molar-refractivity contribution < 1.29 is 9.15 Å². The summed E-state index contributed by atoms with van der Waals surface area (Å²) in [5, 5.41) is 0. The van der Waals surface area contributed by atoms with Crippen molar-refractivity contribution in [2.45, 2.75) is 27.0 Å². The first-order valence-electron chi connectivity index (χ1n) is 6.95. The lowest BCUT2D eigenvalue weighted by Gasteiger charge is -2.08. The number of ether oxygens (including phenoxy) is 1. The van der Waals surface area contributed by atoms with E-state index in [9.17, 15) is 0 Å². The summed E-state index contributed by atoms with van der Waals surface area (Å²) >= 11 is 0. The highest BCUT2D eigenvalue weighted by Crippen LogP contribution is 2.23. The summed E-state index contributed by atoms with van der Waals surface area (Å²) in [5.74, 6) is 1.43. The van der Waals surface area contributed by atoms with Crippen LogP contribution in [0.4, 0.5) is 0 Å². The summed E-state index contributed by atoms with van der Waals surface area (Å²) in [6.45, 7) is 4.92. The van der Waals surface area contributed by atoms with Crippen LogP contribution >= 0.6 is 0 Å². The van der Waals surface area contributed by atoms with Crippen LogP contribution in [-0.2, 0) is 13.2 Å². The molecule has 0 bridgehead atoms. The molecule has 0 spiro atoms. The largest absolute Gasteiger partial charge is 0.484 e. The zero-order valence-corrected chi connectivity index (χ0v) is 12.2. The average molecular weight is 282 g/mol. The Morgan fingerprint density at radius 2 is 2.05 bits per heavy atom. The van der Waals surface area contributed by atoms with E-state index in [2.05, 4.69) is 18.0 Å². The van der Waals surface area contributed by atoms with Crippen LogP contribution in [-0.4, -0.2) is 4.98 Å². The van der Waals surface area contributed by atoms with Gasteiger partial charge in [-0.2, -0.15) is 0 Å². The third-order valence-electron chi connectivity index (χ3n) is 3.64. The molecule has 0 radical (unpaired) electrons. The molecule has 0 saturated heterocycles. The lowest BCUT2D eigenvalue weighted by Crippen LogP contribution is -1.98. The number of hydrogen-bond acceptors (Lipinski definition) is 4. The molecule has 2 aromatic carbocycles. The van der Waals surface area contributed by atoms with E-state index in [1.165, 1.54) is 5.56 Å². The van der Waals surface area contributed by atoms with E-state index in [1.54, 1.807) is 0 Å². The van der Waals surface area contributed by atoms with Crippen molar-refractivity contribution in [3.8, 4) is 5.75 Å². The van der Waals surface area contributed by atoms with Crippen molar-refractivity contribution in [2.24, 2.45) is 5.73 Å². The molecule has 0 saturated carbocycles. The fourth-order valence-corrected chi connectivity index (χ4v) is 2.23. The Balaban J connectivity index is 1.80. The Morgan fingerprint density at radius 3 is 2.86 bits per heavy atom. The van der Waals surface area contributed by atoms with Gasteiger partial charge in [0.1, 0.15) is 11.3 Å². The predicted molar refractivity (Wildman–Crippen MR) is 82.1 cm³/mol. The van der Waals surface area contributed by atoms with Crippen molar-refractivity contribution >= 4 is 11.1 Å². The van der Waals surface area contributed by atoms with Gasteiger partial charge in [-0.1, -0.05) is 18.2 Å². The molecule has 0 amide bonds. The van der Waals surface area contributed by atoms with Gasteiger partial charge in [-0.05, 0) is 48.7 Å². The zero-order valence-electron chi connectivity index (χ0n) is 12.2. The van der Waals surface area contributed by atoms with Crippen molar-refractivity contribution in [3.63, 3.8) is 0 Å². The fourth-order valence-electron chi connectivity index (χ4n) is 2.23. The van der Waals surface area contributed by atoms with Crippen molar-refractivity contribution in [1.82, 2.24) is 4.98 Å². The summed E-state index contributed by atoms with van der Waals surface area (Å²) in [5.41, 5.74) is 10.6. The fraction of sp³-hybridized carbons (Fsp3) is 0.235. The first-order valence-corrected chi connectivity index (χ1v) is 6.95. The van der Waals surface area contributed by atoms with Crippen LogP contribution in [0, 0.1) is 13.8 Å². The number of hydrogen-bond donors (Lipinski definition) is 1. The van der Waals surface area contributed by atoms with Gasteiger partial charge < -0.3 is 14.9 Å². The number of fused-ring (bicyclic) bond motifs is 1. The smallest absolute Gasteiger partial charge is 0.233 e.